The van der Waals surface area contributed by atoms with Gasteiger partial charge in [-0.25, -0.2) is 13.8 Å². The molecule has 2 aromatic heterocycles. The number of aryl methyl sites for hydroxylation is 1. The second-order valence-electron chi connectivity index (χ2n) is 7.11. The summed E-state index contributed by atoms with van der Waals surface area (Å²) in [5.74, 6) is -1.20. The molecule has 8 nitrogen and oxygen atoms in total. The summed E-state index contributed by atoms with van der Waals surface area (Å²) in [4.78, 5) is 28.2. The Balaban J connectivity index is 1.22. The van der Waals surface area contributed by atoms with Crippen LogP contribution in [0.3, 0.4) is 0 Å². The van der Waals surface area contributed by atoms with E-state index >= 15 is 0 Å². The standard InChI is InChI=1S/C24H19F2N3O5/c25-15-6-8-18(19(26)12-15)21-13-27-23(34-21)11-10-22(30)28-29-24(31)20-9-7-17(33-20)14-32-16-4-2-1-3-5-16/h1-9,12-13H,10-11,14H2,(H,28,30)(H,29,31). The van der Waals surface area contributed by atoms with Crippen molar-refractivity contribution in [3.05, 3.63) is 95.9 Å². The summed E-state index contributed by atoms with van der Waals surface area (Å²) >= 11 is 0. The molecule has 34 heavy (non-hydrogen) atoms. The van der Waals surface area contributed by atoms with E-state index in [1.807, 2.05) is 18.2 Å². The van der Waals surface area contributed by atoms with Crippen molar-refractivity contribution >= 4 is 11.8 Å². The lowest BCUT2D eigenvalue weighted by atomic mass is 10.2. The molecule has 0 aliphatic rings. The van der Waals surface area contributed by atoms with E-state index in [1.165, 1.54) is 18.3 Å². The van der Waals surface area contributed by atoms with Gasteiger partial charge in [-0.05, 0) is 36.4 Å². The second-order valence-corrected chi connectivity index (χ2v) is 7.11. The first-order valence-corrected chi connectivity index (χ1v) is 10.2. The van der Waals surface area contributed by atoms with Gasteiger partial charge in [0.2, 0.25) is 5.91 Å². The van der Waals surface area contributed by atoms with Gasteiger partial charge in [0.05, 0.1) is 11.8 Å². The highest BCUT2D eigenvalue weighted by Gasteiger charge is 2.15. The number of rotatable bonds is 8. The maximum Gasteiger partial charge on any atom is 0.305 e. The van der Waals surface area contributed by atoms with Crippen molar-refractivity contribution < 1.29 is 31.9 Å². The van der Waals surface area contributed by atoms with E-state index in [-0.39, 0.29) is 42.4 Å². The Kier molecular flexibility index (Phi) is 6.97. The predicted octanol–water partition coefficient (Wildman–Crippen LogP) is 4.19. The molecule has 0 bridgehead atoms. The van der Waals surface area contributed by atoms with Crippen LogP contribution in [0, 0.1) is 11.6 Å². The molecule has 0 unspecified atom stereocenters. The molecule has 2 heterocycles. The van der Waals surface area contributed by atoms with Crippen LogP contribution in [0.25, 0.3) is 11.3 Å². The number of hydrogen-bond donors (Lipinski definition) is 2. The third kappa shape index (κ3) is 5.85. The zero-order valence-corrected chi connectivity index (χ0v) is 17.7. The summed E-state index contributed by atoms with van der Waals surface area (Å²) in [7, 11) is 0. The fourth-order valence-electron chi connectivity index (χ4n) is 2.96. The SMILES string of the molecule is O=C(CCc1ncc(-c2ccc(F)cc2F)o1)NNC(=O)c1ccc(COc2ccccc2)o1. The maximum absolute atomic E-state index is 13.9. The van der Waals surface area contributed by atoms with E-state index in [2.05, 4.69) is 15.8 Å². The van der Waals surface area contributed by atoms with Gasteiger partial charge >= 0.3 is 5.91 Å². The lowest BCUT2D eigenvalue weighted by molar-refractivity contribution is -0.121. The number of carbonyl (C=O) groups excluding carboxylic acids is 2. The van der Waals surface area contributed by atoms with Gasteiger partial charge in [0.25, 0.3) is 0 Å². The minimum atomic E-state index is -0.782. The number of hydrazine groups is 1. The van der Waals surface area contributed by atoms with Crippen LogP contribution < -0.4 is 15.6 Å². The second kappa shape index (κ2) is 10.4. The summed E-state index contributed by atoms with van der Waals surface area (Å²) in [6.45, 7) is 0.142. The van der Waals surface area contributed by atoms with Crippen molar-refractivity contribution in [1.29, 1.82) is 0 Å². The summed E-state index contributed by atoms with van der Waals surface area (Å²) < 4.78 is 43.3. The van der Waals surface area contributed by atoms with Crippen LogP contribution in [0.2, 0.25) is 0 Å². The Morgan fingerprint density at radius 3 is 2.59 bits per heavy atom. The van der Waals surface area contributed by atoms with Crippen molar-refractivity contribution in [2.45, 2.75) is 19.4 Å². The van der Waals surface area contributed by atoms with Crippen LogP contribution in [0.1, 0.15) is 28.6 Å². The third-order valence-electron chi connectivity index (χ3n) is 4.64. The van der Waals surface area contributed by atoms with E-state index in [1.54, 1.807) is 18.2 Å². The van der Waals surface area contributed by atoms with Crippen LogP contribution in [0.4, 0.5) is 8.78 Å². The van der Waals surface area contributed by atoms with E-state index in [0.29, 0.717) is 11.5 Å². The summed E-state index contributed by atoms with van der Waals surface area (Å²) in [6.07, 6.45) is 1.34. The molecule has 4 aromatic rings. The number of ether oxygens (including phenoxy) is 1. The zero-order chi connectivity index (χ0) is 23.9. The van der Waals surface area contributed by atoms with Crippen LogP contribution in [0.15, 0.2) is 75.7 Å². The summed E-state index contributed by atoms with van der Waals surface area (Å²) in [5.41, 5.74) is 4.59. The molecule has 0 atom stereocenters. The van der Waals surface area contributed by atoms with Gasteiger partial charge in [-0.3, -0.25) is 20.4 Å². The molecule has 0 saturated carbocycles. The number of oxazole rings is 1. The Hall–Kier alpha value is -4.47. The molecule has 0 fully saturated rings. The number of amides is 2. The fourth-order valence-corrected chi connectivity index (χ4v) is 2.96. The van der Waals surface area contributed by atoms with E-state index in [0.717, 1.165) is 12.1 Å². The summed E-state index contributed by atoms with van der Waals surface area (Å²) in [5, 5.41) is 0. The fraction of sp³-hybridized carbons (Fsp3) is 0.125. The van der Waals surface area contributed by atoms with Gasteiger partial charge in [-0.1, -0.05) is 18.2 Å². The highest BCUT2D eigenvalue weighted by atomic mass is 19.1. The molecule has 0 aliphatic carbocycles. The number of para-hydroxylation sites is 1. The number of hydrogen-bond acceptors (Lipinski definition) is 6. The van der Waals surface area contributed by atoms with E-state index < -0.39 is 23.4 Å². The van der Waals surface area contributed by atoms with Crippen molar-refractivity contribution in [2.75, 3.05) is 0 Å². The minimum Gasteiger partial charge on any atom is -0.486 e. The molecule has 4 rings (SSSR count). The number of furan rings is 1. The van der Waals surface area contributed by atoms with Gasteiger partial charge in [-0.15, -0.1) is 0 Å². The monoisotopic (exact) mass is 467 g/mol. The lowest BCUT2D eigenvalue weighted by Gasteiger charge is -2.05. The average molecular weight is 467 g/mol. The average Bonchev–Trinajstić information content (AvgIpc) is 3.50. The number of nitrogens with one attached hydrogen (secondary N) is 2. The smallest absolute Gasteiger partial charge is 0.305 e. The molecule has 174 valence electrons. The predicted molar refractivity (Wildman–Crippen MR) is 115 cm³/mol. The molecule has 0 aliphatic heterocycles. The largest absolute Gasteiger partial charge is 0.486 e. The van der Waals surface area contributed by atoms with Crippen molar-refractivity contribution in [3.8, 4) is 17.1 Å². The van der Waals surface area contributed by atoms with Gasteiger partial charge in [0.1, 0.15) is 29.8 Å². The maximum atomic E-state index is 13.9. The van der Waals surface area contributed by atoms with Gasteiger partial charge in [-0.2, -0.15) is 0 Å². The number of carbonyl (C=O) groups is 2. The molecule has 2 N–H and O–H groups in total. The van der Waals surface area contributed by atoms with Gasteiger partial charge in [0, 0.05) is 18.9 Å². The summed E-state index contributed by atoms with van der Waals surface area (Å²) in [6, 6.07) is 15.3. The molecule has 2 amide bonds. The lowest BCUT2D eigenvalue weighted by Crippen LogP contribution is -2.41. The van der Waals surface area contributed by atoms with Gasteiger partial charge in [0.15, 0.2) is 17.4 Å². The molecule has 0 radical (unpaired) electrons. The quantitative estimate of drug-likeness (QED) is 0.377. The Labute approximate surface area is 192 Å². The Bertz CT molecular complexity index is 1290. The first-order chi connectivity index (χ1) is 16.5. The van der Waals surface area contributed by atoms with Gasteiger partial charge < -0.3 is 13.6 Å². The zero-order valence-electron chi connectivity index (χ0n) is 17.7. The molecule has 0 spiro atoms. The normalized spacial score (nSPS) is 10.6. The van der Waals surface area contributed by atoms with Crippen molar-refractivity contribution in [1.82, 2.24) is 15.8 Å². The number of nitrogens with zero attached hydrogens (tertiary/aromatic N) is 1. The number of benzene rings is 2. The van der Waals surface area contributed by atoms with Crippen LogP contribution >= 0.6 is 0 Å². The van der Waals surface area contributed by atoms with Crippen LogP contribution in [0.5, 0.6) is 5.75 Å². The molecular weight excluding hydrogens is 448 g/mol. The topological polar surface area (TPSA) is 107 Å². The highest BCUT2D eigenvalue weighted by Crippen LogP contribution is 2.24. The molecule has 2 aromatic carbocycles. The molecular formula is C24H19F2N3O5. The first kappa shape index (κ1) is 22.7. The van der Waals surface area contributed by atoms with E-state index in [4.69, 9.17) is 13.6 Å². The van der Waals surface area contributed by atoms with Crippen molar-refractivity contribution in [3.63, 3.8) is 0 Å². The first-order valence-electron chi connectivity index (χ1n) is 10.2. The molecule has 10 heteroatoms. The highest BCUT2D eigenvalue weighted by molar-refractivity contribution is 5.92. The minimum absolute atomic E-state index is 0.00521. The van der Waals surface area contributed by atoms with Crippen LogP contribution in [-0.4, -0.2) is 16.8 Å². The molecule has 0 saturated heterocycles. The Morgan fingerprint density at radius 2 is 1.79 bits per heavy atom. The van der Waals surface area contributed by atoms with E-state index in [9.17, 15) is 18.4 Å². The Morgan fingerprint density at radius 1 is 0.971 bits per heavy atom. The number of halogens is 2. The van der Waals surface area contributed by atoms with Crippen molar-refractivity contribution in [2.24, 2.45) is 0 Å². The van der Waals surface area contributed by atoms with Crippen LogP contribution in [-0.2, 0) is 17.8 Å². The third-order valence-corrected chi connectivity index (χ3v) is 4.64. The number of aromatic nitrogens is 1.